The Morgan fingerprint density at radius 1 is 1.12 bits per heavy atom. The number of aromatic nitrogens is 3. The van der Waals surface area contributed by atoms with E-state index < -0.39 is 11.4 Å². The number of anilines is 1. The van der Waals surface area contributed by atoms with Crippen LogP contribution in [0.5, 0.6) is 5.88 Å². The Hall–Kier alpha value is -2.17. The lowest BCUT2D eigenvalue weighted by Gasteiger charge is -2.44. The Balaban J connectivity index is 1.75. The number of hydrogen-bond acceptors (Lipinski definition) is 8. The molecule has 2 aromatic rings. The predicted molar refractivity (Wildman–Crippen MR) is 126 cm³/mol. The van der Waals surface area contributed by atoms with Crippen molar-refractivity contribution in [3.63, 3.8) is 0 Å². The summed E-state index contributed by atoms with van der Waals surface area (Å²) in [5.74, 6) is -0.280. The van der Waals surface area contributed by atoms with Crippen LogP contribution >= 0.6 is 23.2 Å². The van der Waals surface area contributed by atoms with E-state index in [1.54, 1.807) is 12.0 Å². The van der Waals surface area contributed by atoms with Crippen molar-refractivity contribution in [1.82, 2.24) is 19.9 Å². The summed E-state index contributed by atoms with van der Waals surface area (Å²) in [4.78, 5) is 29.4. The minimum Gasteiger partial charge on any atom is -0.475 e. The average molecular weight is 516 g/mol. The van der Waals surface area contributed by atoms with E-state index in [0.29, 0.717) is 30.9 Å². The van der Waals surface area contributed by atoms with Crippen molar-refractivity contribution in [3.8, 4) is 5.88 Å². The number of nitrogens with zero attached hydrogens (tertiary/aromatic N) is 5. The average Bonchev–Trinajstić information content (AvgIpc) is 3.09. The molecule has 0 aliphatic carbocycles. The number of rotatable bonds is 5. The number of pyridine rings is 1. The molecule has 3 saturated heterocycles. The Labute approximate surface area is 207 Å². The van der Waals surface area contributed by atoms with Crippen molar-refractivity contribution < 1.29 is 23.4 Å². The van der Waals surface area contributed by atoms with Crippen molar-refractivity contribution in [2.75, 3.05) is 38.3 Å². The fourth-order valence-corrected chi connectivity index (χ4v) is 4.77. The molecule has 2 unspecified atom stereocenters. The summed E-state index contributed by atoms with van der Waals surface area (Å²) in [6, 6.07) is -0.175. The first-order chi connectivity index (χ1) is 16.1. The molecule has 3 fully saturated rings. The summed E-state index contributed by atoms with van der Waals surface area (Å²) in [6.07, 6.45) is 2.23. The van der Waals surface area contributed by atoms with E-state index in [0.717, 1.165) is 19.3 Å². The van der Waals surface area contributed by atoms with Crippen molar-refractivity contribution in [2.45, 2.75) is 57.7 Å². The first-order valence-electron chi connectivity index (χ1n) is 11.2. The predicted octanol–water partition coefficient (Wildman–Crippen LogP) is 4.47. The lowest BCUT2D eigenvalue weighted by molar-refractivity contribution is 0.0123. The zero-order valence-electron chi connectivity index (χ0n) is 19.6. The molecule has 1 amide bonds. The summed E-state index contributed by atoms with van der Waals surface area (Å²) in [5.41, 5.74) is -0.651. The largest absolute Gasteiger partial charge is 0.475 e. The molecule has 0 saturated carbocycles. The second kappa shape index (κ2) is 9.83. The van der Waals surface area contributed by atoms with Gasteiger partial charge < -0.3 is 24.0 Å². The van der Waals surface area contributed by atoms with Gasteiger partial charge in [-0.25, -0.2) is 14.2 Å². The molecule has 0 radical (unpaired) electrons. The van der Waals surface area contributed by atoms with Gasteiger partial charge in [-0.1, -0.05) is 11.6 Å². The minimum absolute atomic E-state index is 0.0634. The van der Waals surface area contributed by atoms with E-state index in [-0.39, 0.29) is 46.6 Å². The number of halogens is 3. The molecule has 3 aliphatic heterocycles. The maximum Gasteiger partial charge on any atom is 0.410 e. The third-order valence-electron chi connectivity index (χ3n) is 5.86. The van der Waals surface area contributed by atoms with Crippen LogP contribution in [0.4, 0.5) is 15.0 Å². The van der Waals surface area contributed by atoms with Gasteiger partial charge in [-0.05, 0) is 51.6 Å². The fraction of sp³-hybridized carbons (Fsp3) is 0.636. The van der Waals surface area contributed by atoms with Crippen LogP contribution < -0.4 is 9.64 Å². The molecule has 0 spiro atoms. The summed E-state index contributed by atoms with van der Waals surface area (Å²) >= 11 is 12.2. The van der Waals surface area contributed by atoms with Crippen LogP contribution in [0.15, 0.2) is 0 Å². The minimum atomic E-state index is -0.795. The van der Waals surface area contributed by atoms with Gasteiger partial charge in [-0.3, -0.25) is 0 Å². The SMILES string of the molecule is COCCOc1nc(Cl)c(F)c2nc(Cl)nc(N3CC4CCCC3CN4C(=O)OC(C)(C)C)c12. The first-order valence-corrected chi connectivity index (χ1v) is 11.9. The highest BCUT2D eigenvalue weighted by Crippen LogP contribution is 2.40. The van der Waals surface area contributed by atoms with Gasteiger partial charge in [0, 0.05) is 26.2 Å². The van der Waals surface area contributed by atoms with E-state index in [1.165, 1.54) is 0 Å². The van der Waals surface area contributed by atoms with Gasteiger partial charge in [0.2, 0.25) is 11.2 Å². The maximum atomic E-state index is 15.0. The number of ether oxygens (including phenoxy) is 3. The highest BCUT2D eigenvalue weighted by Gasteiger charge is 2.42. The second-order valence-electron chi connectivity index (χ2n) is 9.43. The molecule has 186 valence electrons. The molecule has 5 heterocycles. The van der Waals surface area contributed by atoms with E-state index in [4.69, 9.17) is 37.4 Å². The van der Waals surface area contributed by atoms with Gasteiger partial charge in [-0.2, -0.15) is 9.97 Å². The summed E-state index contributed by atoms with van der Waals surface area (Å²) < 4.78 is 31.4. The number of fused-ring (bicyclic) bond motifs is 5. The van der Waals surface area contributed by atoms with Gasteiger partial charge in [0.1, 0.15) is 28.9 Å². The molecule has 2 aromatic heterocycles. The van der Waals surface area contributed by atoms with Crippen LogP contribution in [0.25, 0.3) is 10.9 Å². The summed E-state index contributed by atoms with van der Waals surface area (Å²) in [7, 11) is 1.55. The number of piperazine rings is 1. The third-order valence-corrected chi connectivity index (χ3v) is 6.28. The van der Waals surface area contributed by atoms with E-state index in [2.05, 4.69) is 15.0 Å². The first kappa shape index (κ1) is 24.9. The zero-order valence-corrected chi connectivity index (χ0v) is 21.1. The molecule has 9 nitrogen and oxygen atoms in total. The fourth-order valence-electron chi connectivity index (χ4n) is 4.44. The van der Waals surface area contributed by atoms with E-state index in [1.807, 2.05) is 25.7 Å². The monoisotopic (exact) mass is 515 g/mol. The van der Waals surface area contributed by atoms with Crippen molar-refractivity contribution >= 4 is 46.0 Å². The van der Waals surface area contributed by atoms with Crippen LogP contribution in [0.3, 0.4) is 0 Å². The molecule has 2 atom stereocenters. The smallest absolute Gasteiger partial charge is 0.410 e. The van der Waals surface area contributed by atoms with Crippen LogP contribution in [0.1, 0.15) is 40.0 Å². The number of methoxy groups -OCH3 is 1. The standard InChI is InChI=1S/C22H28Cl2FN5O4/c1-22(2,3)34-21(31)30-11-12-6-5-7-13(30)10-29(12)18-14-16(26-20(24)28-18)15(25)17(23)27-19(14)33-9-8-32-4/h12-13H,5-11H2,1-4H3. The lowest BCUT2D eigenvalue weighted by Crippen LogP contribution is -2.59. The maximum absolute atomic E-state index is 15.0. The molecule has 34 heavy (non-hydrogen) atoms. The molecule has 3 aliphatic rings. The molecule has 2 bridgehead atoms. The van der Waals surface area contributed by atoms with Crippen LogP contribution in [-0.2, 0) is 9.47 Å². The summed E-state index contributed by atoms with van der Waals surface area (Å²) in [5, 5.41) is -0.191. The molecule has 12 heteroatoms. The Kier molecular flexibility index (Phi) is 7.21. The highest BCUT2D eigenvalue weighted by molar-refractivity contribution is 6.31. The molecular weight excluding hydrogens is 488 g/mol. The van der Waals surface area contributed by atoms with Crippen LogP contribution in [0.2, 0.25) is 10.4 Å². The van der Waals surface area contributed by atoms with Crippen LogP contribution in [0, 0.1) is 5.82 Å². The Morgan fingerprint density at radius 3 is 2.56 bits per heavy atom. The second-order valence-corrected chi connectivity index (χ2v) is 10.1. The van der Waals surface area contributed by atoms with Gasteiger partial charge in [0.05, 0.1) is 12.6 Å². The number of carbonyl (C=O) groups is 1. The van der Waals surface area contributed by atoms with E-state index in [9.17, 15) is 9.18 Å². The molecule has 0 aromatic carbocycles. The van der Waals surface area contributed by atoms with Gasteiger partial charge in [-0.15, -0.1) is 0 Å². The van der Waals surface area contributed by atoms with Crippen LogP contribution in [-0.4, -0.2) is 77.0 Å². The Bertz CT molecular complexity index is 1080. The van der Waals surface area contributed by atoms with Gasteiger partial charge in [0.15, 0.2) is 11.0 Å². The summed E-state index contributed by atoms with van der Waals surface area (Å²) in [6.45, 7) is 6.96. The lowest BCUT2D eigenvalue weighted by atomic mass is 10.1. The van der Waals surface area contributed by atoms with Crippen molar-refractivity contribution in [2.24, 2.45) is 0 Å². The van der Waals surface area contributed by atoms with Gasteiger partial charge in [0.25, 0.3) is 0 Å². The number of amides is 1. The third kappa shape index (κ3) is 5.08. The molecule has 5 rings (SSSR count). The van der Waals surface area contributed by atoms with Crippen molar-refractivity contribution in [3.05, 3.63) is 16.3 Å². The Morgan fingerprint density at radius 2 is 1.85 bits per heavy atom. The number of hydrogen-bond donors (Lipinski definition) is 0. The zero-order chi connectivity index (χ0) is 24.6. The molecule has 0 N–H and O–H groups in total. The topological polar surface area (TPSA) is 89.9 Å². The number of carbonyl (C=O) groups excluding carboxylic acids is 1. The quantitative estimate of drug-likeness (QED) is 0.327. The van der Waals surface area contributed by atoms with Gasteiger partial charge >= 0.3 is 6.09 Å². The highest BCUT2D eigenvalue weighted by atomic mass is 35.5. The van der Waals surface area contributed by atoms with E-state index >= 15 is 0 Å². The normalized spacial score (nSPS) is 20.6. The molecular formula is C22H28Cl2FN5O4. The van der Waals surface area contributed by atoms with Crippen molar-refractivity contribution in [1.29, 1.82) is 0 Å².